The minimum Gasteiger partial charge on any atom is -0.480 e. The fourth-order valence-electron chi connectivity index (χ4n) is 1.74. The molecular weight excluding hydrogens is 312 g/mol. The molecule has 1 atom stereocenters. The van der Waals surface area contributed by atoms with Crippen LogP contribution in [0.25, 0.3) is 0 Å². The van der Waals surface area contributed by atoms with Crippen LogP contribution in [0.5, 0.6) is 0 Å². The van der Waals surface area contributed by atoms with Gasteiger partial charge < -0.3 is 5.11 Å². The Balaban J connectivity index is 3.22. The molecule has 0 amide bonds. The summed E-state index contributed by atoms with van der Waals surface area (Å²) in [5, 5.41) is 19.6. The maximum Gasteiger partial charge on any atom is 0.321 e. The second-order valence-electron chi connectivity index (χ2n) is 4.46. The van der Waals surface area contributed by atoms with Gasteiger partial charge in [0, 0.05) is 18.7 Å². The molecular formula is C13H16N2O6S. The summed E-state index contributed by atoms with van der Waals surface area (Å²) in [5.74, 6) is -1.28. The van der Waals surface area contributed by atoms with E-state index in [1.807, 2.05) is 0 Å². The van der Waals surface area contributed by atoms with Gasteiger partial charge in [0.25, 0.3) is 5.69 Å². The molecule has 22 heavy (non-hydrogen) atoms. The number of non-ortho nitro benzene ring substituents is 1. The van der Waals surface area contributed by atoms with E-state index in [0.29, 0.717) is 0 Å². The van der Waals surface area contributed by atoms with Crippen LogP contribution in [0, 0.1) is 10.1 Å². The van der Waals surface area contributed by atoms with Gasteiger partial charge in [0.2, 0.25) is 10.0 Å². The predicted molar refractivity (Wildman–Crippen MR) is 78.9 cm³/mol. The third-order valence-corrected chi connectivity index (χ3v) is 4.98. The molecule has 8 nitrogen and oxygen atoms in total. The lowest BCUT2D eigenvalue weighted by Gasteiger charge is -2.25. The van der Waals surface area contributed by atoms with Crippen LogP contribution in [0.1, 0.15) is 13.3 Å². The topological polar surface area (TPSA) is 118 Å². The van der Waals surface area contributed by atoms with Crippen molar-refractivity contribution in [2.45, 2.75) is 24.3 Å². The van der Waals surface area contributed by atoms with E-state index in [-0.39, 0.29) is 23.5 Å². The molecule has 0 aliphatic rings. The summed E-state index contributed by atoms with van der Waals surface area (Å²) in [6.45, 7) is 4.69. The average Bonchev–Trinajstić information content (AvgIpc) is 2.47. The number of benzene rings is 1. The zero-order valence-electron chi connectivity index (χ0n) is 11.9. The van der Waals surface area contributed by atoms with Gasteiger partial charge in [-0.1, -0.05) is 6.08 Å². The van der Waals surface area contributed by atoms with Crippen LogP contribution >= 0.6 is 0 Å². The van der Waals surface area contributed by atoms with Crippen LogP contribution in [0.4, 0.5) is 5.69 Å². The average molecular weight is 328 g/mol. The Morgan fingerprint density at radius 2 is 2.00 bits per heavy atom. The highest BCUT2D eigenvalue weighted by Crippen LogP contribution is 2.21. The Morgan fingerprint density at radius 3 is 2.41 bits per heavy atom. The van der Waals surface area contributed by atoms with Crippen molar-refractivity contribution in [1.82, 2.24) is 4.31 Å². The number of carboxylic acid groups (broad SMARTS) is 1. The quantitative estimate of drug-likeness (QED) is 0.440. The first-order valence-corrected chi connectivity index (χ1v) is 7.75. The predicted octanol–water partition coefficient (Wildman–Crippen LogP) is 1.63. The number of rotatable bonds is 8. The van der Waals surface area contributed by atoms with Crippen molar-refractivity contribution in [3.63, 3.8) is 0 Å². The van der Waals surface area contributed by atoms with Crippen molar-refractivity contribution in [3.05, 3.63) is 47.0 Å². The molecule has 9 heteroatoms. The van der Waals surface area contributed by atoms with Crippen molar-refractivity contribution in [2.75, 3.05) is 6.54 Å². The minimum absolute atomic E-state index is 0.0453. The monoisotopic (exact) mass is 328 g/mol. The van der Waals surface area contributed by atoms with Gasteiger partial charge in [-0.2, -0.15) is 4.31 Å². The molecule has 0 radical (unpaired) electrons. The molecule has 0 heterocycles. The third kappa shape index (κ3) is 3.89. The number of carboxylic acids is 1. The maximum absolute atomic E-state index is 12.5. The lowest BCUT2D eigenvalue weighted by molar-refractivity contribution is -0.384. The van der Waals surface area contributed by atoms with Gasteiger partial charge in [-0.25, -0.2) is 8.42 Å². The van der Waals surface area contributed by atoms with Gasteiger partial charge >= 0.3 is 5.97 Å². The van der Waals surface area contributed by atoms with Crippen LogP contribution in [-0.2, 0) is 14.8 Å². The molecule has 0 fully saturated rings. The zero-order valence-corrected chi connectivity index (χ0v) is 12.7. The van der Waals surface area contributed by atoms with Crippen LogP contribution < -0.4 is 0 Å². The van der Waals surface area contributed by atoms with E-state index in [0.717, 1.165) is 28.6 Å². The first-order valence-electron chi connectivity index (χ1n) is 6.31. The summed E-state index contributed by atoms with van der Waals surface area (Å²) >= 11 is 0. The largest absolute Gasteiger partial charge is 0.480 e. The van der Waals surface area contributed by atoms with E-state index in [1.54, 1.807) is 0 Å². The molecule has 1 N–H and O–H groups in total. The SMILES string of the molecule is C=CCCN(C(C)C(=O)O)S(=O)(=O)c1ccc([N+](=O)[O-])cc1. The number of nitro groups is 1. The number of aliphatic carboxylic acids is 1. The normalized spacial score (nSPS) is 12.8. The molecule has 0 aliphatic carbocycles. The van der Waals surface area contributed by atoms with Crippen molar-refractivity contribution < 1.29 is 23.2 Å². The summed E-state index contributed by atoms with van der Waals surface area (Å²) in [6, 6.07) is 3.03. The van der Waals surface area contributed by atoms with Crippen LogP contribution in [-0.4, -0.2) is 41.3 Å². The Labute approximate surface area is 127 Å². The standard InChI is InChI=1S/C13H16N2O6S/c1-3-4-9-14(10(2)13(16)17)22(20,21)12-7-5-11(6-8-12)15(18)19/h3,5-8,10H,1,4,9H2,2H3,(H,16,17). The molecule has 0 saturated heterocycles. The van der Waals surface area contributed by atoms with E-state index in [9.17, 15) is 23.3 Å². The lowest BCUT2D eigenvalue weighted by Crippen LogP contribution is -2.43. The number of nitro benzene ring substituents is 1. The van der Waals surface area contributed by atoms with E-state index < -0.39 is 27.0 Å². The Morgan fingerprint density at radius 1 is 1.45 bits per heavy atom. The van der Waals surface area contributed by atoms with E-state index in [4.69, 9.17) is 5.11 Å². The number of carbonyl (C=O) groups is 1. The van der Waals surface area contributed by atoms with E-state index in [1.165, 1.54) is 13.0 Å². The smallest absolute Gasteiger partial charge is 0.321 e. The number of nitrogens with zero attached hydrogens (tertiary/aromatic N) is 2. The highest BCUT2D eigenvalue weighted by Gasteiger charge is 2.32. The highest BCUT2D eigenvalue weighted by molar-refractivity contribution is 7.89. The summed E-state index contributed by atoms with van der Waals surface area (Å²) < 4.78 is 25.9. The molecule has 0 bridgehead atoms. The molecule has 0 spiro atoms. The Bertz CT molecular complexity index is 668. The summed E-state index contributed by atoms with van der Waals surface area (Å²) in [6.07, 6.45) is 1.76. The van der Waals surface area contributed by atoms with Crippen molar-refractivity contribution in [2.24, 2.45) is 0 Å². The summed E-state index contributed by atoms with van der Waals surface area (Å²) in [4.78, 5) is 20.8. The van der Waals surface area contributed by atoms with E-state index in [2.05, 4.69) is 6.58 Å². The molecule has 0 saturated carbocycles. The van der Waals surface area contributed by atoms with E-state index >= 15 is 0 Å². The third-order valence-electron chi connectivity index (χ3n) is 3.00. The van der Waals surface area contributed by atoms with Crippen molar-refractivity contribution in [3.8, 4) is 0 Å². The first kappa shape index (κ1) is 17.8. The number of hydrogen-bond acceptors (Lipinski definition) is 5. The van der Waals surface area contributed by atoms with Gasteiger partial charge in [-0.05, 0) is 25.5 Å². The summed E-state index contributed by atoms with van der Waals surface area (Å²) in [5.41, 5.74) is -0.247. The van der Waals surface area contributed by atoms with Gasteiger partial charge in [0.1, 0.15) is 6.04 Å². The molecule has 1 unspecified atom stereocenters. The molecule has 0 aliphatic heterocycles. The lowest BCUT2D eigenvalue weighted by atomic mass is 10.3. The Hall–Kier alpha value is -2.26. The molecule has 1 rings (SSSR count). The van der Waals surface area contributed by atoms with Crippen molar-refractivity contribution in [1.29, 1.82) is 0 Å². The van der Waals surface area contributed by atoms with Gasteiger partial charge in [-0.3, -0.25) is 14.9 Å². The highest BCUT2D eigenvalue weighted by atomic mass is 32.2. The van der Waals surface area contributed by atoms with Crippen LogP contribution in [0.2, 0.25) is 0 Å². The zero-order chi connectivity index (χ0) is 16.9. The fourth-order valence-corrected chi connectivity index (χ4v) is 3.34. The Kier molecular flexibility index (Phi) is 5.77. The summed E-state index contributed by atoms with van der Waals surface area (Å²) in [7, 11) is -4.08. The van der Waals surface area contributed by atoms with Crippen molar-refractivity contribution >= 4 is 21.7 Å². The molecule has 1 aromatic rings. The van der Waals surface area contributed by atoms with Gasteiger partial charge in [0.15, 0.2) is 0 Å². The molecule has 1 aromatic carbocycles. The number of sulfonamides is 1. The fraction of sp³-hybridized carbons (Fsp3) is 0.308. The molecule has 120 valence electrons. The van der Waals surface area contributed by atoms with Crippen LogP contribution in [0.15, 0.2) is 41.8 Å². The number of hydrogen-bond donors (Lipinski definition) is 1. The maximum atomic E-state index is 12.5. The second kappa shape index (κ2) is 7.14. The van der Waals surface area contributed by atoms with Gasteiger partial charge in [-0.15, -0.1) is 6.58 Å². The minimum atomic E-state index is -4.08. The second-order valence-corrected chi connectivity index (χ2v) is 6.35. The van der Waals surface area contributed by atoms with Gasteiger partial charge in [0.05, 0.1) is 9.82 Å². The first-order chi connectivity index (χ1) is 10.2. The molecule has 0 aromatic heterocycles. The van der Waals surface area contributed by atoms with Crippen LogP contribution in [0.3, 0.4) is 0 Å².